The van der Waals surface area contributed by atoms with Crippen LogP contribution in [-0.4, -0.2) is 11.6 Å². The molecule has 1 aromatic carbocycles. The summed E-state index contributed by atoms with van der Waals surface area (Å²) in [5, 5.41) is 0.686. The molecule has 0 aliphatic carbocycles. The van der Waals surface area contributed by atoms with Crippen LogP contribution in [0.15, 0.2) is 18.2 Å². The maximum atomic E-state index is 11.6. The topological polar surface area (TPSA) is 26.3 Å². The van der Waals surface area contributed by atoms with Crippen molar-refractivity contribution in [3.8, 4) is 0 Å². The molecule has 0 spiro atoms. The summed E-state index contributed by atoms with van der Waals surface area (Å²) in [7, 11) is 0. The molecule has 0 N–H and O–H groups in total. The molecule has 0 amide bonds. The van der Waals surface area contributed by atoms with E-state index in [2.05, 4.69) is 0 Å². The first-order chi connectivity index (χ1) is 7.28. The van der Waals surface area contributed by atoms with E-state index in [0.29, 0.717) is 11.4 Å². The number of halogens is 1. The molecule has 16 heavy (non-hydrogen) atoms. The Kier molecular flexibility index (Phi) is 3.98. The molecular weight excluding hydrogens is 224 g/mol. The summed E-state index contributed by atoms with van der Waals surface area (Å²) in [5.74, 6) is -0.210. The van der Waals surface area contributed by atoms with Crippen molar-refractivity contribution in [1.82, 2.24) is 0 Å². The van der Waals surface area contributed by atoms with Crippen LogP contribution in [0.5, 0.6) is 0 Å². The molecule has 0 saturated carbocycles. The van der Waals surface area contributed by atoms with Gasteiger partial charge in [0.15, 0.2) is 0 Å². The predicted octanol–water partition coefficient (Wildman–Crippen LogP) is 3.53. The first-order valence-corrected chi connectivity index (χ1v) is 5.62. The molecular formula is C13H17ClO2. The molecule has 3 heteroatoms. The van der Waals surface area contributed by atoms with Crippen molar-refractivity contribution < 1.29 is 9.53 Å². The van der Waals surface area contributed by atoms with Crippen LogP contribution in [0.25, 0.3) is 0 Å². The van der Waals surface area contributed by atoms with Crippen molar-refractivity contribution in [1.29, 1.82) is 0 Å². The highest BCUT2D eigenvalue weighted by atomic mass is 35.5. The maximum absolute atomic E-state index is 11.6. The van der Waals surface area contributed by atoms with E-state index in [4.69, 9.17) is 16.3 Å². The highest BCUT2D eigenvalue weighted by Gasteiger charge is 2.17. The van der Waals surface area contributed by atoms with Gasteiger partial charge in [-0.25, -0.2) is 0 Å². The first-order valence-electron chi connectivity index (χ1n) is 5.25. The quantitative estimate of drug-likeness (QED) is 0.740. The van der Waals surface area contributed by atoms with Crippen LogP contribution < -0.4 is 0 Å². The van der Waals surface area contributed by atoms with E-state index in [1.165, 1.54) is 0 Å². The van der Waals surface area contributed by atoms with Gasteiger partial charge in [-0.15, -0.1) is 0 Å². The molecule has 1 rings (SSSR count). The van der Waals surface area contributed by atoms with E-state index in [1.54, 1.807) is 6.07 Å². The number of rotatable bonds is 2. The van der Waals surface area contributed by atoms with Crippen LogP contribution in [-0.2, 0) is 16.0 Å². The fraction of sp³-hybridized carbons (Fsp3) is 0.462. The molecule has 0 unspecified atom stereocenters. The van der Waals surface area contributed by atoms with Gasteiger partial charge in [0.1, 0.15) is 5.60 Å². The van der Waals surface area contributed by atoms with Crippen LogP contribution >= 0.6 is 11.6 Å². The second-order valence-electron chi connectivity index (χ2n) is 4.83. The Morgan fingerprint density at radius 1 is 1.38 bits per heavy atom. The lowest BCUT2D eigenvalue weighted by atomic mass is 10.1. The lowest BCUT2D eigenvalue weighted by molar-refractivity contribution is -0.153. The standard InChI is InChI=1S/C13H17ClO2/c1-9-7-11(14)6-5-10(9)8-12(15)16-13(2,3)4/h5-7H,8H2,1-4H3. The smallest absolute Gasteiger partial charge is 0.310 e. The molecule has 0 aliphatic heterocycles. The van der Waals surface area contributed by atoms with Crippen LogP contribution in [0.3, 0.4) is 0 Å². The first kappa shape index (κ1) is 13.0. The van der Waals surface area contributed by atoms with E-state index in [9.17, 15) is 4.79 Å². The van der Waals surface area contributed by atoms with Crippen molar-refractivity contribution in [3.63, 3.8) is 0 Å². The van der Waals surface area contributed by atoms with Crippen LogP contribution in [0.4, 0.5) is 0 Å². The minimum absolute atomic E-state index is 0.210. The molecule has 1 aromatic rings. The molecule has 0 bridgehead atoms. The highest BCUT2D eigenvalue weighted by Crippen LogP contribution is 2.17. The molecule has 2 nitrogen and oxygen atoms in total. The van der Waals surface area contributed by atoms with Gasteiger partial charge in [-0.3, -0.25) is 4.79 Å². The molecule has 0 saturated heterocycles. The summed E-state index contributed by atoms with van der Waals surface area (Å²) in [6, 6.07) is 5.50. The third-order valence-electron chi connectivity index (χ3n) is 2.06. The van der Waals surface area contributed by atoms with E-state index >= 15 is 0 Å². The van der Waals surface area contributed by atoms with Gasteiger partial charge in [0.05, 0.1) is 6.42 Å². The zero-order valence-corrected chi connectivity index (χ0v) is 10.9. The second kappa shape index (κ2) is 4.88. The summed E-state index contributed by atoms with van der Waals surface area (Å²) in [4.78, 5) is 11.6. The molecule has 0 fully saturated rings. The zero-order valence-electron chi connectivity index (χ0n) is 10.1. The van der Waals surface area contributed by atoms with Crippen molar-refractivity contribution in [2.24, 2.45) is 0 Å². The van der Waals surface area contributed by atoms with Gasteiger partial charge >= 0.3 is 5.97 Å². The van der Waals surface area contributed by atoms with Crippen molar-refractivity contribution in [2.45, 2.75) is 39.7 Å². The fourth-order valence-corrected chi connectivity index (χ4v) is 1.62. The number of hydrogen-bond acceptors (Lipinski definition) is 2. The van der Waals surface area contributed by atoms with Gasteiger partial charge in [-0.2, -0.15) is 0 Å². The monoisotopic (exact) mass is 240 g/mol. The molecule has 0 aromatic heterocycles. The van der Waals surface area contributed by atoms with Crippen LogP contribution in [0.1, 0.15) is 31.9 Å². The van der Waals surface area contributed by atoms with Crippen molar-refractivity contribution >= 4 is 17.6 Å². The van der Waals surface area contributed by atoms with Gasteiger partial charge in [0, 0.05) is 5.02 Å². The van der Waals surface area contributed by atoms with Gasteiger partial charge in [0.25, 0.3) is 0 Å². The molecule has 88 valence electrons. The largest absolute Gasteiger partial charge is 0.460 e. The Morgan fingerprint density at radius 3 is 2.50 bits per heavy atom. The predicted molar refractivity (Wildman–Crippen MR) is 65.7 cm³/mol. The van der Waals surface area contributed by atoms with Gasteiger partial charge < -0.3 is 4.74 Å². The van der Waals surface area contributed by atoms with Crippen molar-refractivity contribution in [3.05, 3.63) is 34.3 Å². The van der Waals surface area contributed by atoms with E-state index in [1.807, 2.05) is 39.8 Å². The van der Waals surface area contributed by atoms with E-state index < -0.39 is 5.60 Å². The van der Waals surface area contributed by atoms with Gasteiger partial charge in [0.2, 0.25) is 0 Å². The SMILES string of the molecule is Cc1cc(Cl)ccc1CC(=O)OC(C)(C)C. The van der Waals surface area contributed by atoms with Gasteiger partial charge in [-0.1, -0.05) is 17.7 Å². The Bertz CT molecular complexity index is 391. The summed E-state index contributed by atoms with van der Waals surface area (Å²) in [6.45, 7) is 7.52. The maximum Gasteiger partial charge on any atom is 0.310 e. The zero-order chi connectivity index (χ0) is 12.3. The number of benzene rings is 1. The van der Waals surface area contributed by atoms with Crippen LogP contribution in [0.2, 0.25) is 5.02 Å². The number of aryl methyl sites for hydroxylation is 1. The molecule has 0 atom stereocenters. The van der Waals surface area contributed by atoms with Crippen LogP contribution in [0, 0.1) is 6.92 Å². The Balaban J connectivity index is 2.70. The molecule has 0 heterocycles. The lowest BCUT2D eigenvalue weighted by Gasteiger charge is -2.19. The number of ether oxygens (including phenoxy) is 1. The lowest BCUT2D eigenvalue weighted by Crippen LogP contribution is -2.25. The third kappa shape index (κ3) is 4.23. The normalized spacial score (nSPS) is 11.3. The second-order valence-corrected chi connectivity index (χ2v) is 5.27. The van der Waals surface area contributed by atoms with Gasteiger partial charge in [-0.05, 0) is 51.0 Å². The Labute approximate surface area is 102 Å². The average Bonchev–Trinajstić information content (AvgIpc) is 2.06. The fourth-order valence-electron chi connectivity index (χ4n) is 1.39. The third-order valence-corrected chi connectivity index (χ3v) is 2.29. The minimum atomic E-state index is -0.433. The summed E-state index contributed by atoms with van der Waals surface area (Å²) >= 11 is 5.84. The Morgan fingerprint density at radius 2 is 2.00 bits per heavy atom. The number of hydrogen-bond donors (Lipinski definition) is 0. The average molecular weight is 241 g/mol. The molecule has 0 aliphatic rings. The van der Waals surface area contributed by atoms with E-state index in [-0.39, 0.29) is 5.97 Å². The van der Waals surface area contributed by atoms with E-state index in [0.717, 1.165) is 11.1 Å². The Hall–Kier alpha value is -1.02. The number of carbonyl (C=O) groups is 1. The molecule has 0 radical (unpaired) electrons. The highest BCUT2D eigenvalue weighted by molar-refractivity contribution is 6.30. The number of esters is 1. The summed E-state index contributed by atoms with van der Waals surface area (Å²) in [5.41, 5.74) is 1.54. The minimum Gasteiger partial charge on any atom is -0.460 e. The van der Waals surface area contributed by atoms with Crippen molar-refractivity contribution in [2.75, 3.05) is 0 Å². The summed E-state index contributed by atoms with van der Waals surface area (Å²) < 4.78 is 5.25. The number of carbonyl (C=O) groups excluding carboxylic acids is 1. The summed E-state index contributed by atoms with van der Waals surface area (Å²) in [6.07, 6.45) is 0.292.